The van der Waals surface area contributed by atoms with E-state index in [1.165, 1.54) is 6.33 Å². The maximum Gasteiger partial charge on any atom is 0.407 e. The Morgan fingerprint density at radius 2 is 1.73 bits per heavy atom. The van der Waals surface area contributed by atoms with E-state index in [1.54, 1.807) is 47.4 Å². The second-order valence-electron chi connectivity index (χ2n) is 6.88. The third-order valence-electron chi connectivity index (χ3n) is 4.44. The Labute approximate surface area is 189 Å². The molecule has 2 aromatic heterocycles. The van der Waals surface area contributed by atoms with E-state index < -0.39 is 6.09 Å². The molecule has 2 aromatic carbocycles. The quantitative estimate of drug-likeness (QED) is 0.382. The minimum atomic E-state index is -0.659. The van der Waals surface area contributed by atoms with Gasteiger partial charge in [0, 0.05) is 29.8 Å². The number of rotatable bonds is 8. The van der Waals surface area contributed by atoms with E-state index in [2.05, 4.69) is 31.0 Å². The summed E-state index contributed by atoms with van der Waals surface area (Å²) in [5, 5.41) is 12.5. The predicted octanol–water partition coefficient (Wildman–Crippen LogP) is 3.27. The number of benzene rings is 2. The molecule has 3 N–H and O–H groups in total. The van der Waals surface area contributed by atoms with Gasteiger partial charge in [-0.3, -0.25) is 4.79 Å². The first-order chi connectivity index (χ1) is 16.2. The van der Waals surface area contributed by atoms with Crippen molar-refractivity contribution in [2.75, 3.05) is 17.2 Å². The van der Waals surface area contributed by atoms with Crippen molar-refractivity contribution < 1.29 is 14.3 Å². The molecule has 0 aliphatic carbocycles. The molecule has 2 amide bonds. The number of anilines is 3. The molecule has 0 saturated heterocycles. The molecule has 0 aliphatic rings. The van der Waals surface area contributed by atoms with Gasteiger partial charge in [-0.2, -0.15) is 5.10 Å². The average Bonchev–Trinajstić information content (AvgIpc) is 3.39. The Hall–Kier alpha value is -4.73. The highest BCUT2D eigenvalue weighted by atomic mass is 16.5. The van der Waals surface area contributed by atoms with Crippen LogP contribution in [0, 0.1) is 0 Å². The van der Waals surface area contributed by atoms with Gasteiger partial charge in [0.1, 0.15) is 25.3 Å². The van der Waals surface area contributed by atoms with E-state index in [4.69, 9.17) is 4.74 Å². The van der Waals surface area contributed by atoms with E-state index in [0.29, 0.717) is 17.3 Å². The zero-order valence-corrected chi connectivity index (χ0v) is 17.5. The summed E-state index contributed by atoms with van der Waals surface area (Å²) in [6.07, 6.45) is 4.26. The van der Waals surface area contributed by atoms with Crippen molar-refractivity contribution in [1.29, 1.82) is 0 Å². The summed E-state index contributed by atoms with van der Waals surface area (Å²) in [4.78, 5) is 32.2. The number of amides is 2. The minimum absolute atomic E-state index is 0.137. The lowest BCUT2D eigenvalue weighted by atomic mass is 10.2. The summed E-state index contributed by atoms with van der Waals surface area (Å²) in [5.41, 5.74) is 2.23. The van der Waals surface area contributed by atoms with Crippen LogP contribution in [-0.4, -0.2) is 38.3 Å². The summed E-state index contributed by atoms with van der Waals surface area (Å²) >= 11 is 0. The molecule has 0 atom stereocenters. The van der Waals surface area contributed by atoms with Gasteiger partial charge in [0.25, 0.3) is 0 Å². The van der Waals surface area contributed by atoms with Crippen LogP contribution in [0.15, 0.2) is 85.5 Å². The van der Waals surface area contributed by atoms with Gasteiger partial charge < -0.3 is 20.7 Å². The Balaban J connectivity index is 1.23. The highest BCUT2D eigenvalue weighted by Gasteiger charge is 2.08. The molecular weight excluding hydrogens is 422 g/mol. The largest absolute Gasteiger partial charge is 0.445 e. The van der Waals surface area contributed by atoms with Crippen LogP contribution in [0.4, 0.5) is 22.0 Å². The van der Waals surface area contributed by atoms with Crippen LogP contribution < -0.4 is 16.0 Å². The molecule has 33 heavy (non-hydrogen) atoms. The van der Waals surface area contributed by atoms with Crippen LogP contribution >= 0.6 is 0 Å². The van der Waals surface area contributed by atoms with Gasteiger partial charge >= 0.3 is 6.09 Å². The molecule has 0 aliphatic heterocycles. The van der Waals surface area contributed by atoms with Crippen LogP contribution in [-0.2, 0) is 16.1 Å². The number of hydrogen-bond donors (Lipinski definition) is 3. The van der Waals surface area contributed by atoms with Crippen molar-refractivity contribution in [3.05, 3.63) is 91.0 Å². The number of carbonyl (C=O) groups excluding carboxylic acids is 2. The SMILES string of the molecule is O=C(CNC(=O)OCc1ccccc1)Nc1ccc(Nc2cc(-n3cccn3)ncn2)cc1. The summed E-state index contributed by atoms with van der Waals surface area (Å²) in [7, 11) is 0. The molecule has 4 aromatic rings. The average molecular weight is 443 g/mol. The third-order valence-corrected chi connectivity index (χ3v) is 4.44. The van der Waals surface area contributed by atoms with Crippen molar-refractivity contribution in [3.8, 4) is 5.82 Å². The molecule has 0 saturated carbocycles. The summed E-state index contributed by atoms with van der Waals surface area (Å²) in [6, 6.07) is 20.0. The predicted molar refractivity (Wildman–Crippen MR) is 122 cm³/mol. The molecular formula is C23H21N7O3. The van der Waals surface area contributed by atoms with Gasteiger partial charge in [-0.05, 0) is 35.9 Å². The van der Waals surface area contributed by atoms with Crippen molar-refractivity contribution in [3.63, 3.8) is 0 Å². The number of ether oxygens (including phenoxy) is 1. The summed E-state index contributed by atoms with van der Waals surface area (Å²) in [6.45, 7) is -0.0662. The van der Waals surface area contributed by atoms with Crippen LogP contribution in [0.1, 0.15) is 5.56 Å². The lowest BCUT2D eigenvalue weighted by Crippen LogP contribution is -2.33. The maximum absolute atomic E-state index is 12.1. The van der Waals surface area contributed by atoms with Gasteiger partial charge in [-0.15, -0.1) is 0 Å². The molecule has 2 heterocycles. The Kier molecular flexibility index (Phi) is 6.86. The van der Waals surface area contributed by atoms with Crippen LogP contribution in [0.25, 0.3) is 5.82 Å². The van der Waals surface area contributed by atoms with E-state index in [1.807, 2.05) is 36.4 Å². The topological polar surface area (TPSA) is 123 Å². The highest BCUT2D eigenvalue weighted by molar-refractivity contribution is 5.94. The molecule has 0 spiro atoms. The first-order valence-electron chi connectivity index (χ1n) is 10.1. The van der Waals surface area contributed by atoms with Crippen molar-refractivity contribution in [2.24, 2.45) is 0 Å². The number of hydrogen-bond acceptors (Lipinski definition) is 7. The fourth-order valence-electron chi connectivity index (χ4n) is 2.86. The number of carbonyl (C=O) groups is 2. The molecule has 4 rings (SSSR count). The van der Waals surface area contributed by atoms with E-state index >= 15 is 0 Å². The maximum atomic E-state index is 12.1. The summed E-state index contributed by atoms with van der Waals surface area (Å²) < 4.78 is 6.71. The molecule has 10 heteroatoms. The van der Waals surface area contributed by atoms with E-state index in [0.717, 1.165) is 11.3 Å². The lowest BCUT2D eigenvalue weighted by Gasteiger charge is -2.10. The minimum Gasteiger partial charge on any atom is -0.445 e. The van der Waals surface area contributed by atoms with Gasteiger partial charge in [-0.25, -0.2) is 19.4 Å². The second-order valence-corrected chi connectivity index (χ2v) is 6.88. The number of nitrogens with one attached hydrogen (secondary N) is 3. The molecule has 0 fully saturated rings. The lowest BCUT2D eigenvalue weighted by molar-refractivity contribution is -0.115. The second kappa shape index (κ2) is 10.5. The molecule has 0 unspecified atom stereocenters. The van der Waals surface area contributed by atoms with Crippen molar-refractivity contribution >= 4 is 29.2 Å². The van der Waals surface area contributed by atoms with Crippen LogP contribution in [0.3, 0.4) is 0 Å². The number of alkyl carbamates (subject to hydrolysis) is 1. The fraction of sp³-hybridized carbons (Fsp3) is 0.0870. The van der Waals surface area contributed by atoms with Crippen LogP contribution in [0.2, 0.25) is 0 Å². The zero-order valence-electron chi connectivity index (χ0n) is 17.5. The third kappa shape index (κ3) is 6.37. The fourth-order valence-corrected chi connectivity index (χ4v) is 2.86. The normalized spacial score (nSPS) is 10.3. The van der Waals surface area contributed by atoms with Crippen molar-refractivity contribution in [2.45, 2.75) is 6.61 Å². The Bertz CT molecular complexity index is 1200. The number of nitrogens with zero attached hydrogens (tertiary/aromatic N) is 4. The van der Waals surface area contributed by atoms with E-state index in [-0.39, 0.29) is 19.1 Å². The number of aromatic nitrogens is 4. The monoisotopic (exact) mass is 443 g/mol. The molecule has 166 valence electrons. The Morgan fingerprint density at radius 1 is 0.939 bits per heavy atom. The smallest absolute Gasteiger partial charge is 0.407 e. The van der Waals surface area contributed by atoms with Gasteiger partial charge in [0.15, 0.2) is 5.82 Å². The standard InChI is InChI=1S/C23H21N7O3/c31-22(14-24-23(32)33-15-17-5-2-1-3-6-17)29-19-9-7-18(8-10-19)28-20-13-21(26-16-25-20)30-12-4-11-27-30/h1-13,16H,14-15H2,(H,24,32)(H,29,31)(H,25,26,28). The van der Waals surface area contributed by atoms with Gasteiger partial charge in [-0.1, -0.05) is 30.3 Å². The molecule has 10 nitrogen and oxygen atoms in total. The van der Waals surface area contributed by atoms with Gasteiger partial charge in [0.05, 0.1) is 0 Å². The van der Waals surface area contributed by atoms with Crippen LogP contribution in [0.5, 0.6) is 0 Å². The molecule has 0 bridgehead atoms. The Morgan fingerprint density at radius 3 is 2.48 bits per heavy atom. The molecule has 0 radical (unpaired) electrons. The summed E-state index contributed by atoms with van der Waals surface area (Å²) in [5.74, 6) is 0.869. The van der Waals surface area contributed by atoms with Crippen molar-refractivity contribution in [1.82, 2.24) is 25.1 Å². The van der Waals surface area contributed by atoms with Gasteiger partial charge in [0.2, 0.25) is 5.91 Å². The first-order valence-corrected chi connectivity index (χ1v) is 10.1. The highest BCUT2D eigenvalue weighted by Crippen LogP contribution is 2.18. The van der Waals surface area contributed by atoms with E-state index in [9.17, 15) is 9.59 Å². The zero-order chi connectivity index (χ0) is 22.9. The first kappa shape index (κ1) is 21.5.